The first kappa shape index (κ1) is 25.1. The van der Waals surface area contributed by atoms with Crippen LogP contribution in [-0.2, 0) is 9.59 Å². The minimum atomic E-state index is -0.362. The number of hydrogen-bond acceptors (Lipinski definition) is 5. The van der Waals surface area contributed by atoms with Crippen LogP contribution in [0.15, 0.2) is 60.7 Å². The van der Waals surface area contributed by atoms with Gasteiger partial charge in [-0.1, -0.05) is 68.7 Å². The Labute approximate surface area is 209 Å². The fourth-order valence-electron chi connectivity index (χ4n) is 4.74. The summed E-state index contributed by atoms with van der Waals surface area (Å²) in [5.41, 5.74) is 1.83. The molecule has 2 amide bonds. The molecule has 0 aromatic heterocycles. The summed E-state index contributed by atoms with van der Waals surface area (Å²) in [7, 11) is 0. The molecule has 2 aromatic rings. The molecule has 0 saturated carbocycles. The number of imide groups is 1. The number of amides is 2. The topological polar surface area (TPSA) is 53.1 Å². The fraction of sp³-hybridized carbons (Fsp3) is 0.448. The number of ether oxygens (including phenoxy) is 1. The number of rotatable bonds is 11. The van der Waals surface area contributed by atoms with Gasteiger partial charge in [-0.2, -0.15) is 0 Å². The van der Waals surface area contributed by atoms with Crippen molar-refractivity contribution in [2.24, 2.45) is 0 Å². The third kappa shape index (κ3) is 6.80. The van der Waals surface area contributed by atoms with E-state index >= 15 is 0 Å². The predicted molar refractivity (Wildman–Crippen MR) is 140 cm³/mol. The van der Waals surface area contributed by atoms with Gasteiger partial charge in [-0.05, 0) is 36.2 Å². The lowest BCUT2D eigenvalue weighted by Gasteiger charge is -2.36. The van der Waals surface area contributed by atoms with Gasteiger partial charge in [0.15, 0.2) is 0 Å². The van der Waals surface area contributed by atoms with E-state index < -0.39 is 0 Å². The summed E-state index contributed by atoms with van der Waals surface area (Å²) in [6.07, 6.45) is 9.23. The van der Waals surface area contributed by atoms with Crippen molar-refractivity contribution in [2.45, 2.75) is 45.1 Å². The van der Waals surface area contributed by atoms with E-state index in [1.165, 1.54) is 29.7 Å². The molecule has 6 heteroatoms. The van der Waals surface area contributed by atoms with Gasteiger partial charge in [-0.3, -0.25) is 19.4 Å². The summed E-state index contributed by atoms with van der Waals surface area (Å²) in [5, 5.41) is 0. The molecule has 186 valence electrons. The Hall–Kier alpha value is -2.96. The second-order valence-electron chi connectivity index (χ2n) is 9.34. The molecule has 2 aromatic carbocycles. The normalized spacial score (nSPS) is 19.7. The number of unbranched alkanes of at least 4 members (excludes halogenated alkanes) is 3. The van der Waals surface area contributed by atoms with Crippen LogP contribution in [0, 0.1) is 0 Å². The highest BCUT2D eigenvalue weighted by Gasteiger charge is 2.43. The number of piperazine rings is 1. The van der Waals surface area contributed by atoms with Crippen LogP contribution in [0.2, 0.25) is 0 Å². The molecule has 35 heavy (non-hydrogen) atoms. The average molecular weight is 476 g/mol. The number of nitrogens with zero attached hydrogens (tertiary/aromatic N) is 3. The van der Waals surface area contributed by atoms with Gasteiger partial charge in [-0.25, -0.2) is 4.90 Å². The molecule has 0 aliphatic carbocycles. The highest BCUT2D eigenvalue weighted by atomic mass is 16.5. The zero-order chi connectivity index (χ0) is 24.5. The molecule has 0 bridgehead atoms. The maximum atomic E-state index is 13.2. The minimum absolute atomic E-state index is 0.111. The lowest BCUT2D eigenvalue weighted by molar-refractivity contribution is -0.123. The molecule has 2 aliphatic rings. The maximum Gasteiger partial charge on any atom is 0.251 e. The monoisotopic (exact) mass is 475 g/mol. The van der Waals surface area contributed by atoms with E-state index in [-0.39, 0.29) is 24.3 Å². The number of carbonyl (C=O) groups is 2. The van der Waals surface area contributed by atoms with Gasteiger partial charge in [0.2, 0.25) is 5.91 Å². The molecule has 0 spiro atoms. The first-order chi connectivity index (χ1) is 17.2. The highest BCUT2D eigenvalue weighted by Crippen LogP contribution is 2.28. The zero-order valence-corrected chi connectivity index (χ0v) is 20.8. The third-order valence-corrected chi connectivity index (χ3v) is 6.81. The Kier molecular flexibility index (Phi) is 9.09. The summed E-state index contributed by atoms with van der Waals surface area (Å²) < 4.78 is 5.80. The van der Waals surface area contributed by atoms with Gasteiger partial charge in [0.25, 0.3) is 5.91 Å². The van der Waals surface area contributed by atoms with Gasteiger partial charge in [0.05, 0.1) is 24.8 Å². The van der Waals surface area contributed by atoms with E-state index in [0.29, 0.717) is 12.3 Å². The van der Waals surface area contributed by atoms with Gasteiger partial charge < -0.3 is 4.74 Å². The van der Waals surface area contributed by atoms with Crippen LogP contribution < -0.4 is 9.64 Å². The predicted octanol–water partition coefficient (Wildman–Crippen LogP) is 4.61. The lowest BCUT2D eigenvalue weighted by Crippen LogP contribution is -2.52. The van der Waals surface area contributed by atoms with Gasteiger partial charge in [0.1, 0.15) is 5.75 Å². The smallest absolute Gasteiger partial charge is 0.251 e. The van der Waals surface area contributed by atoms with E-state index in [1.54, 1.807) is 0 Å². The summed E-state index contributed by atoms with van der Waals surface area (Å²) in [6.45, 7) is 7.14. The van der Waals surface area contributed by atoms with Crippen molar-refractivity contribution in [1.82, 2.24) is 9.80 Å². The zero-order valence-electron chi connectivity index (χ0n) is 20.8. The molecule has 0 unspecified atom stereocenters. The third-order valence-electron chi connectivity index (χ3n) is 6.81. The van der Waals surface area contributed by atoms with Crippen LogP contribution in [0.1, 0.15) is 44.6 Å². The molecule has 2 aliphatic heterocycles. The second kappa shape index (κ2) is 12.7. The first-order valence-corrected chi connectivity index (χ1v) is 12.9. The quantitative estimate of drug-likeness (QED) is 0.351. The standard InChI is InChI=1S/C29H37N3O3/c1-2-3-4-8-22-35-26-15-13-25(14-16-26)32-28(33)23-27(29(32)34)31-20-18-30(19-21-31)17-9-12-24-10-6-5-7-11-24/h5-7,9-16,27H,2-4,8,17-23H2,1H3/b12-9-/t27-/m0/s1. The van der Waals surface area contributed by atoms with Gasteiger partial charge in [0, 0.05) is 32.7 Å². The molecule has 2 fully saturated rings. The van der Waals surface area contributed by atoms with Crippen LogP contribution in [0.4, 0.5) is 5.69 Å². The molecule has 2 heterocycles. The van der Waals surface area contributed by atoms with Crippen LogP contribution in [0.5, 0.6) is 5.75 Å². The van der Waals surface area contributed by atoms with Crippen LogP contribution in [0.3, 0.4) is 0 Å². The summed E-state index contributed by atoms with van der Waals surface area (Å²) >= 11 is 0. The molecular weight excluding hydrogens is 438 g/mol. The lowest BCUT2D eigenvalue weighted by atomic mass is 10.1. The van der Waals surface area contributed by atoms with E-state index in [4.69, 9.17) is 4.74 Å². The molecule has 0 N–H and O–H groups in total. The fourth-order valence-corrected chi connectivity index (χ4v) is 4.74. The van der Waals surface area contributed by atoms with E-state index in [1.807, 2.05) is 42.5 Å². The van der Waals surface area contributed by atoms with Crippen LogP contribution >= 0.6 is 0 Å². The Balaban J connectivity index is 1.25. The Morgan fingerprint density at radius 1 is 0.914 bits per heavy atom. The van der Waals surface area contributed by atoms with E-state index in [9.17, 15) is 9.59 Å². The number of benzene rings is 2. The molecule has 4 rings (SSSR count). The molecular formula is C29H37N3O3. The van der Waals surface area contributed by atoms with E-state index in [0.717, 1.165) is 44.9 Å². The average Bonchev–Trinajstić information content (AvgIpc) is 3.19. The second-order valence-corrected chi connectivity index (χ2v) is 9.34. The summed E-state index contributed by atoms with van der Waals surface area (Å²) in [4.78, 5) is 31.9. The van der Waals surface area contributed by atoms with Crippen molar-refractivity contribution in [2.75, 3.05) is 44.2 Å². The van der Waals surface area contributed by atoms with Crippen molar-refractivity contribution < 1.29 is 14.3 Å². The molecule has 6 nitrogen and oxygen atoms in total. The van der Waals surface area contributed by atoms with E-state index in [2.05, 4.69) is 41.0 Å². The van der Waals surface area contributed by atoms with Crippen molar-refractivity contribution >= 4 is 23.6 Å². The van der Waals surface area contributed by atoms with Crippen LogP contribution in [-0.4, -0.2) is 67.0 Å². The molecule has 0 radical (unpaired) electrons. The van der Waals surface area contributed by atoms with Crippen molar-refractivity contribution in [3.8, 4) is 5.75 Å². The Morgan fingerprint density at radius 3 is 2.37 bits per heavy atom. The number of carbonyl (C=O) groups excluding carboxylic acids is 2. The minimum Gasteiger partial charge on any atom is -0.494 e. The highest BCUT2D eigenvalue weighted by molar-refractivity contribution is 6.22. The SMILES string of the molecule is CCCCCCOc1ccc(N2C(=O)C[C@H](N3CCN(C/C=C\c4ccccc4)CC3)C2=O)cc1. The largest absolute Gasteiger partial charge is 0.494 e. The maximum absolute atomic E-state index is 13.2. The summed E-state index contributed by atoms with van der Waals surface area (Å²) in [6, 6.07) is 17.3. The van der Waals surface area contributed by atoms with Gasteiger partial charge >= 0.3 is 0 Å². The van der Waals surface area contributed by atoms with Crippen molar-refractivity contribution in [3.63, 3.8) is 0 Å². The van der Waals surface area contributed by atoms with Crippen LogP contribution in [0.25, 0.3) is 6.08 Å². The number of hydrogen-bond donors (Lipinski definition) is 0. The first-order valence-electron chi connectivity index (χ1n) is 12.9. The summed E-state index contributed by atoms with van der Waals surface area (Å²) in [5.74, 6) is 0.542. The van der Waals surface area contributed by atoms with Crippen molar-refractivity contribution in [3.05, 3.63) is 66.2 Å². The molecule has 2 saturated heterocycles. The van der Waals surface area contributed by atoms with Gasteiger partial charge in [-0.15, -0.1) is 0 Å². The molecule has 1 atom stereocenters. The Bertz CT molecular complexity index is 982. The number of anilines is 1. The Morgan fingerprint density at radius 2 is 1.66 bits per heavy atom. The van der Waals surface area contributed by atoms with Crippen molar-refractivity contribution in [1.29, 1.82) is 0 Å².